The quantitative estimate of drug-likeness (QED) is 0.332. The molecule has 0 fully saturated rings. The third kappa shape index (κ3) is 4.03. The summed E-state index contributed by atoms with van der Waals surface area (Å²) in [6.07, 6.45) is 40.1. The molecule has 0 bridgehead atoms. The van der Waals surface area contributed by atoms with E-state index >= 15 is 0 Å². The smallest absolute Gasteiger partial charge is 0.00990 e. The van der Waals surface area contributed by atoms with Crippen LogP contribution in [0.5, 0.6) is 0 Å². The second kappa shape index (κ2) is 9.80. The van der Waals surface area contributed by atoms with Crippen molar-refractivity contribution in [3.05, 3.63) is 164 Å². The monoisotopic (exact) mass is 570 g/mol. The molecule has 1 aromatic carbocycles. The van der Waals surface area contributed by atoms with E-state index in [1.807, 2.05) is 0 Å². The summed E-state index contributed by atoms with van der Waals surface area (Å²) in [5.74, 6) is 2.52. The minimum atomic E-state index is 0.173. The van der Waals surface area contributed by atoms with Gasteiger partial charge in [0.2, 0.25) is 0 Å². The first-order valence-electron chi connectivity index (χ1n) is 17.0. The summed E-state index contributed by atoms with van der Waals surface area (Å²) in [6, 6.07) is 9.31. The van der Waals surface area contributed by atoms with Gasteiger partial charge in [-0.15, -0.1) is 0 Å². The molecule has 0 nitrogen and oxygen atoms in total. The topological polar surface area (TPSA) is 0 Å². The van der Waals surface area contributed by atoms with Crippen LogP contribution >= 0.6 is 0 Å². The molecule has 0 radical (unpaired) electrons. The van der Waals surface area contributed by atoms with Crippen LogP contribution in [-0.4, -0.2) is 0 Å². The molecule has 0 N–H and O–H groups in total. The molecular weight excluding hydrogens is 528 g/mol. The van der Waals surface area contributed by atoms with Crippen LogP contribution in [0.25, 0.3) is 11.1 Å². The van der Waals surface area contributed by atoms with Crippen molar-refractivity contribution >= 4 is 11.1 Å². The fourth-order valence-electron chi connectivity index (χ4n) is 9.45. The van der Waals surface area contributed by atoms with Crippen molar-refractivity contribution in [2.75, 3.05) is 0 Å². The highest BCUT2D eigenvalue weighted by Crippen LogP contribution is 2.55. The molecular formula is C44H42. The van der Waals surface area contributed by atoms with Crippen molar-refractivity contribution in [2.24, 2.45) is 35.0 Å². The van der Waals surface area contributed by atoms with E-state index in [0.29, 0.717) is 29.6 Å². The molecule has 0 amide bonds. The van der Waals surface area contributed by atoms with Gasteiger partial charge in [-0.25, -0.2) is 0 Å². The van der Waals surface area contributed by atoms with Crippen molar-refractivity contribution in [1.82, 2.24) is 0 Å². The first-order chi connectivity index (χ1) is 21.4. The van der Waals surface area contributed by atoms with Crippen LogP contribution in [-0.2, 0) is 0 Å². The molecule has 8 aliphatic rings. The minimum Gasteiger partial charge on any atom is -0.0836 e. The maximum Gasteiger partial charge on any atom is 0.00990 e. The average Bonchev–Trinajstić information content (AvgIpc) is 3.05. The number of rotatable bonds is 2. The molecule has 8 aliphatic carbocycles. The van der Waals surface area contributed by atoms with Gasteiger partial charge < -0.3 is 0 Å². The van der Waals surface area contributed by atoms with E-state index in [2.05, 4.69) is 130 Å². The van der Waals surface area contributed by atoms with Crippen molar-refractivity contribution < 1.29 is 0 Å². The molecule has 0 spiro atoms. The van der Waals surface area contributed by atoms with Gasteiger partial charge in [0.1, 0.15) is 0 Å². The maximum atomic E-state index is 2.57. The SMILES string of the molecule is CC(C)(C)C1=CC2C=CC3=CC=C(C4=c5ccccc5=C(C5=CC=C6C7=C(C=CCC7)C=CC6C5)CC4)C4C=CC(=C1)C2C34. The molecule has 5 atom stereocenters. The maximum absolute atomic E-state index is 2.57. The van der Waals surface area contributed by atoms with Gasteiger partial charge in [-0.1, -0.05) is 130 Å². The van der Waals surface area contributed by atoms with E-state index in [9.17, 15) is 0 Å². The van der Waals surface area contributed by atoms with Gasteiger partial charge in [-0.2, -0.15) is 0 Å². The Kier molecular flexibility index (Phi) is 5.90. The van der Waals surface area contributed by atoms with Crippen molar-refractivity contribution in [3.8, 4) is 0 Å². The number of benzene rings is 1. The average molecular weight is 571 g/mol. The lowest BCUT2D eigenvalue weighted by atomic mass is 9.56. The highest BCUT2D eigenvalue weighted by molar-refractivity contribution is 5.77. The summed E-state index contributed by atoms with van der Waals surface area (Å²) in [6.45, 7) is 7.04. The van der Waals surface area contributed by atoms with Crippen molar-refractivity contribution in [2.45, 2.75) is 52.9 Å². The Morgan fingerprint density at radius 3 is 2.34 bits per heavy atom. The molecule has 1 aromatic rings. The predicted molar refractivity (Wildman–Crippen MR) is 185 cm³/mol. The first kappa shape index (κ1) is 26.5. The third-order valence-corrected chi connectivity index (χ3v) is 11.6. The zero-order valence-electron chi connectivity index (χ0n) is 26.3. The molecule has 0 heteroatoms. The minimum absolute atomic E-state index is 0.173. The zero-order chi connectivity index (χ0) is 29.6. The lowest BCUT2D eigenvalue weighted by Gasteiger charge is -2.47. The summed E-state index contributed by atoms with van der Waals surface area (Å²) >= 11 is 0. The predicted octanol–water partition coefficient (Wildman–Crippen LogP) is 9.25. The molecule has 0 saturated heterocycles. The lowest BCUT2D eigenvalue weighted by Crippen LogP contribution is -2.40. The largest absolute Gasteiger partial charge is 0.0836 e. The van der Waals surface area contributed by atoms with Crippen LogP contribution in [0.3, 0.4) is 0 Å². The molecule has 0 aromatic heterocycles. The van der Waals surface area contributed by atoms with E-state index in [-0.39, 0.29) is 5.41 Å². The Morgan fingerprint density at radius 1 is 0.682 bits per heavy atom. The molecule has 5 unspecified atom stereocenters. The van der Waals surface area contributed by atoms with Crippen LogP contribution in [0, 0.1) is 35.0 Å². The van der Waals surface area contributed by atoms with Crippen LogP contribution in [0.15, 0.2) is 154 Å². The Balaban J connectivity index is 1.14. The van der Waals surface area contributed by atoms with E-state index in [1.165, 1.54) is 45.6 Å². The third-order valence-electron chi connectivity index (χ3n) is 11.6. The van der Waals surface area contributed by atoms with Crippen LogP contribution < -0.4 is 10.4 Å². The Morgan fingerprint density at radius 2 is 1.48 bits per heavy atom. The molecule has 218 valence electrons. The summed E-state index contributed by atoms with van der Waals surface area (Å²) < 4.78 is 0. The Hall–Kier alpha value is -3.90. The highest BCUT2D eigenvalue weighted by Gasteiger charge is 2.45. The second-order valence-electron chi connectivity index (χ2n) is 15.0. The summed E-state index contributed by atoms with van der Waals surface area (Å²) in [7, 11) is 0. The van der Waals surface area contributed by atoms with E-state index in [1.54, 1.807) is 33.4 Å². The van der Waals surface area contributed by atoms with Crippen molar-refractivity contribution in [3.63, 3.8) is 0 Å². The number of allylic oxidation sites excluding steroid dienone is 22. The van der Waals surface area contributed by atoms with Gasteiger partial charge in [0.25, 0.3) is 0 Å². The van der Waals surface area contributed by atoms with Crippen LogP contribution in [0.2, 0.25) is 0 Å². The normalized spacial score (nSPS) is 31.1. The fraction of sp³-hybridized carbons (Fsp3) is 0.318. The molecule has 0 saturated carbocycles. The summed E-state index contributed by atoms with van der Waals surface area (Å²) in [5.41, 5.74) is 15.5. The van der Waals surface area contributed by atoms with Gasteiger partial charge in [-0.05, 0) is 104 Å². The highest BCUT2D eigenvalue weighted by atomic mass is 14.5. The van der Waals surface area contributed by atoms with Gasteiger partial charge in [0, 0.05) is 29.6 Å². The zero-order valence-corrected chi connectivity index (χ0v) is 26.3. The fourth-order valence-corrected chi connectivity index (χ4v) is 9.45. The molecule has 9 rings (SSSR count). The first-order valence-corrected chi connectivity index (χ1v) is 17.0. The van der Waals surface area contributed by atoms with Gasteiger partial charge in [-0.3, -0.25) is 0 Å². The van der Waals surface area contributed by atoms with Gasteiger partial charge >= 0.3 is 0 Å². The molecule has 0 heterocycles. The molecule has 0 aliphatic heterocycles. The van der Waals surface area contributed by atoms with Gasteiger partial charge in [0.05, 0.1) is 0 Å². The second-order valence-corrected chi connectivity index (χ2v) is 15.0. The lowest BCUT2D eigenvalue weighted by molar-refractivity contribution is 0.312. The molecule has 44 heavy (non-hydrogen) atoms. The standard InChI is InChI=1S/C44H42/c1-44(2,3)33-25-31-15-13-28-16-20-40(41-21-18-32(26-33)42(31)43(28)41)39-23-22-36(37-10-6-7-11-38(37)39)30-17-19-35-29(24-30)14-12-27-8-4-5-9-34(27)35/h4,6-8,10-21,25-26,29,31,41-43H,5,9,22-24H2,1-3H3. The summed E-state index contributed by atoms with van der Waals surface area (Å²) in [4.78, 5) is 0. The Labute approximate surface area is 262 Å². The summed E-state index contributed by atoms with van der Waals surface area (Å²) in [5, 5.41) is 2.93. The Bertz CT molecular complexity index is 1970. The van der Waals surface area contributed by atoms with E-state index in [0.717, 1.165) is 19.3 Å². The number of hydrogen-bond donors (Lipinski definition) is 0. The number of hydrogen-bond acceptors (Lipinski definition) is 0. The van der Waals surface area contributed by atoms with Crippen LogP contribution in [0.1, 0.15) is 52.9 Å². The van der Waals surface area contributed by atoms with Crippen molar-refractivity contribution in [1.29, 1.82) is 0 Å². The van der Waals surface area contributed by atoms with Crippen LogP contribution in [0.4, 0.5) is 0 Å². The van der Waals surface area contributed by atoms with Gasteiger partial charge in [0.15, 0.2) is 0 Å². The number of fused-ring (bicyclic) bond motifs is 3. The van der Waals surface area contributed by atoms with E-state index < -0.39 is 0 Å². The van der Waals surface area contributed by atoms with E-state index in [4.69, 9.17) is 0 Å².